The van der Waals surface area contributed by atoms with E-state index in [1.54, 1.807) is 19.2 Å². The van der Waals surface area contributed by atoms with Crippen molar-refractivity contribution in [1.29, 1.82) is 0 Å². The van der Waals surface area contributed by atoms with Gasteiger partial charge in [-0.2, -0.15) is 13.2 Å². The van der Waals surface area contributed by atoms with E-state index in [0.29, 0.717) is 18.5 Å². The smallest absolute Gasteiger partial charge is 0.419 e. The van der Waals surface area contributed by atoms with Crippen molar-refractivity contribution in [3.8, 4) is 5.75 Å². The highest BCUT2D eigenvalue weighted by atomic mass is 19.4. The van der Waals surface area contributed by atoms with Crippen molar-refractivity contribution in [2.24, 2.45) is 0 Å². The van der Waals surface area contributed by atoms with Gasteiger partial charge in [-0.3, -0.25) is 0 Å². The van der Waals surface area contributed by atoms with Gasteiger partial charge in [-0.15, -0.1) is 6.58 Å². The highest BCUT2D eigenvalue weighted by molar-refractivity contribution is 5.39. The molecule has 0 aliphatic rings. The molecular weight excluding hydrogens is 255 g/mol. The van der Waals surface area contributed by atoms with Gasteiger partial charge in [-0.05, 0) is 37.6 Å². The molecule has 1 aromatic carbocycles. The molecule has 0 saturated carbocycles. The van der Waals surface area contributed by atoms with Crippen molar-refractivity contribution in [3.63, 3.8) is 0 Å². The number of rotatable bonds is 7. The normalized spacial score (nSPS) is 11.4. The summed E-state index contributed by atoms with van der Waals surface area (Å²) in [6, 6.07) is 4.14. The fourth-order valence-electron chi connectivity index (χ4n) is 1.65. The molecule has 0 aromatic heterocycles. The molecule has 1 aromatic rings. The van der Waals surface area contributed by atoms with E-state index in [4.69, 9.17) is 4.74 Å². The molecule has 0 spiro atoms. The van der Waals surface area contributed by atoms with Crippen LogP contribution in [0, 0.1) is 0 Å². The highest BCUT2D eigenvalue weighted by Gasteiger charge is 2.34. The van der Waals surface area contributed by atoms with Gasteiger partial charge in [0.05, 0.1) is 12.2 Å². The number of nitrogens with one attached hydrogen (secondary N) is 1. The van der Waals surface area contributed by atoms with Crippen LogP contribution in [0.3, 0.4) is 0 Å². The van der Waals surface area contributed by atoms with Crippen molar-refractivity contribution in [3.05, 3.63) is 42.0 Å². The second-order valence-electron chi connectivity index (χ2n) is 4.14. The van der Waals surface area contributed by atoms with E-state index < -0.39 is 11.7 Å². The van der Waals surface area contributed by atoms with Crippen LogP contribution in [0.4, 0.5) is 13.2 Å². The summed E-state index contributed by atoms with van der Waals surface area (Å²) in [5, 5.41) is 2.82. The van der Waals surface area contributed by atoms with Gasteiger partial charge in [-0.25, -0.2) is 0 Å². The Morgan fingerprint density at radius 1 is 1.37 bits per heavy atom. The summed E-state index contributed by atoms with van der Waals surface area (Å²) >= 11 is 0. The van der Waals surface area contributed by atoms with Crippen LogP contribution < -0.4 is 10.1 Å². The Hall–Kier alpha value is -1.49. The predicted octanol–water partition coefficient (Wildman–Crippen LogP) is 3.77. The molecule has 1 rings (SSSR count). The minimum Gasteiger partial charge on any atom is -0.493 e. The Kier molecular flexibility index (Phi) is 5.89. The van der Waals surface area contributed by atoms with Crippen molar-refractivity contribution in [2.75, 3.05) is 13.7 Å². The van der Waals surface area contributed by atoms with Gasteiger partial charge in [0.15, 0.2) is 0 Å². The number of halogens is 3. The van der Waals surface area contributed by atoms with Crippen molar-refractivity contribution in [1.82, 2.24) is 5.32 Å². The van der Waals surface area contributed by atoms with E-state index in [0.717, 1.165) is 12.5 Å². The summed E-state index contributed by atoms with van der Waals surface area (Å²) in [6.07, 6.45) is -1.32. The Balaban J connectivity index is 2.86. The minimum atomic E-state index is -4.41. The van der Waals surface area contributed by atoms with E-state index in [-0.39, 0.29) is 12.4 Å². The van der Waals surface area contributed by atoms with E-state index >= 15 is 0 Å². The summed E-state index contributed by atoms with van der Waals surface area (Å²) in [5.74, 6) is -0.114. The second kappa shape index (κ2) is 7.19. The zero-order valence-electron chi connectivity index (χ0n) is 10.9. The average molecular weight is 273 g/mol. The van der Waals surface area contributed by atoms with Crippen LogP contribution in [0.25, 0.3) is 0 Å². The summed E-state index contributed by atoms with van der Waals surface area (Å²) < 4.78 is 44.0. The number of unbranched alkanes of at least 4 members (excludes halogenated alkanes) is 1. The third-order valence-electron chi connectivity index (χ3n) is 2.54. The highest BCUT2D eigenvalue weighted by Crippen LogP contribution is 2.36. The molecule has 0 amide bonds. The van der Waals surface area contributed by atoms with E-state index in [2.05, 4.69) is 11.9 Å². The average Bonchev–Trinajstić information content (AvgIpc) is 2.35. The zero-order valence-corrected chi connectivity index (χ0v) is 10.9. The molecule has 0 aliphatic heterocycles. The molecule has 0 radical (unpaired) electrons. The third-order valence-corrected chi connectivity index (χ3v) is 2.54. The quantitative estimate of drug-likeness (QED) is 0.603. The van der Waals surface area contributed by atoms with Gasteiger partial charge >= 0.3 is 6.18 Å². The summed E-state index contributed by atoms with van der Waals surface area (Å²) in [7, 11) is 1.69. The lowest BCUT2D eigenvalue weighted by Crippen LogP contribution is -2.12. The molecular formula is C14H18F3NO. The molecule has 0 heterocycles. The molecule has 0 bridgehead atoms. The van der Waals surface area contributed by atoms with Gasteiger partial charge in [0, 0.05) is 6.54 Å². The Morgan fingerprint density at radius 3 is 2.68 bits per heavy atom. The summed E-state index contributed by atoms with van der Waals surface area (Å²) in [5.41, 5.74) is -0.146. The number of alkyl halides is 3. The van der Waals surface area contributed by atoms with Crippen LogP contribution in [0.2, 0.25) is 0 Å². The first-order valence-electron chi connectivity index (χ1n) is 6.07. The lowest BCUT2D eigenvalue weighted by molar-refractivity contribution is -0.139. The Morgan fingerprint density at radius 2 is 2.11 bits per heavy atom. The van der Waals surface area contributed by atoms with Gasteiger partial charge in [-0.1, -0.05) is 12.1 Å². The first-order valence-corrected chi connectivity index (χ1v) is 6.07. The number of benzene rings is 1. The zero-order chi connectivity index (χ0) is 14.3. The van der Waals surface area contributed by atoms with Crippen LogP contribution in [0.1, 0.15) is 24.0 Å². The molecule has 0 aliphatic carbocycles. The maximum Gasteiger partial charge on any atom is 0.419 e. The molecule has 106 valence electrons. The van der Waals surface area contributed by atoms with Crippen LogP contribution in [0.15, 0.2) is 30.9 Å². The van der Waals surface area contributed by atoms with Crippen LogP contribution >= 0.6 is 0 Å². The minimum absolute atomic E-state index is 0.114. The van der Waals surface area contributed by atoms with Gasteiger partial charge in [0.25, 0.3) is 0 Å². The predicted molar refractivity (Wildman–Crippen MR) is 69.1 cm³/mol. The van der Waals surface area contributed by atoms with Crippen molar-refractivity contribution < 1.29 is 17.9 Å². The van der Waals surface area contributed by atoms with E-state index in [1.165, 1.54) is 6.07 Å². The number of ether oxygens (including phenoxy) is 1. The molecule has 0 unspecified atom stereocenters. The third kappa shape index (κ3) is 4.95. The Labute approximate surface area is 111 Å². The van der Waals surface area contributed by atoms with E-state index in [9.17, 15) is 13.2 Å². The second-order valence-corrected chi connectivity index (χ2v) is 4.14. The maximum atomic E-state index is 12.9. The molecule has 2 nitrogen and oxygen atoms in total. The first kappa shape index (κ1) is 15.6. The van der Waals surface area contributed by atoms with Crippen LogP contribution in [0.5, 0.6) is 5.75 Å². The monoisotopic (exact) mass is 273 g/mol. The number of allylic oxidation sites excluding steroid dienone is 1. The molecule has 19 heavy (non-hydrogen) atoms. The van der Waals surface area contributed by atoms with Crippen molar-refractivity contribution >= 4 is 0 Å². The maximum absolute atomic E-state index is 12.9. The standard InChI is InChI=1S/C14H18F3NO/c1-3-4-5-8-19-13-7-6-11(10-18-2)9-12(13)14(15,16)17/h3,6-7,9,18H,1,4-5,8,10H2,2H3. The fraction of sp³-hybridized carbons (Fsp3) is 0.429. The van der Waals surface area contributed by atoms with Crippen LogP contribution in [-0.4, -0.2) is 13.7 Å². The summed E-state index contributed by atoms with van der Waals surface area (Å²) in [6.45, 7) is 4.19. The van der Waals surface area contributed by atoms with Crippen molar-refractivity contribution in [2.45, 2.75) is 25.6 Å². The number of hydrogen-bond acceptors (Lipinski definition) is 2. The largest absolute Gasteiger partial charge is 0.493 e. The Bertz CT molecular complexity index is 416. The SMILES string of the molecule is C=CCCCOc1ccc(CNC)cc1C(F)(F)F. The lowest BCUT2D eigenvalue weighted by Gasteiger charge is -2.15. The molecule has 0 fully saturated rings. The van der Waals surface area contributed by atoms with Gasteiger partial charge < -0.3 is 10.1 Å². The topological polar surface area (TPSA) is 21.3 Å². The molecule has 0 atom stereocenters. The fourth-order valence-corrected chi connectivity index (χ4v) is 1.65. The molecule has 1 N–H and O–H groups in total. The van der Waals surface area contributed by atoms with E-state index in [1.807, 2.05) is 0 Å². The first-order chi connectivity index (χ1) is 8.99. The molecule has 0 saturated heterocycles. The van der Waals surface area contributed by atoms with Gasteiger partial charge in [0.2, 0.25) is 0 Å². The number of hydrogen-bond donors (Lipinski definition) is 1. The summed E-state index contributed by atoms with van der Waals surface area (Å²) in [4.78, 5) is 0. The lowest BCUT2D eigenvalue weighted by atomic mass is 10.1. The van der Waals surface area contributed by atoms with Gasteiger partial charge in [0.1, 0.15) is 5.75 Å². The molecule has 5 heteroatoms. The van der Waals surface area contributed by atoms with Crippen LogP contribution in [-0.2, 0) is 12.7 Å².